The summed E-state index contributed by atoms with van der Waals surface area (Å²) >= 11 is 0. The van der Waals surface area contributed by atoms with Crippen LogP contribution in [-0.2, 0) is 4.74 Å². The number of morpholine rings is 1. The number of carbonyl (C=O) groups excluding carboxylic acids is 1. The molecule has 1 aliphatic rings. The average molecular weight is 341 g/mol. The highest BCUT2D eigenvalue weighted by molar-refractivity contribution is 5.95. The summed E-state index contributed by atoms with van der Waals surface area (Å²) in [6, 6.07) is 9.22. The van der Waals surface area contributed by atoms with Crippen LogP contribution in [0, 0.1) is 0 Å². The molecule has 1 aromatic carbocycles. The van der Waals surface area contributed by atoms with Crippen LogP contribution in [0.2, 0.25) is 0 Å². The fraction of sp³-hybridized carbons (Fsp3) is 0.389. The van der Waals surface area contributed by atoms with Crippen molar-refractivity contribution in [2.45, 2.75) is 6.92 Å². The van der Waals surface area contributed by atoms with E-state index in [4.69, 9.17) is 10.5 Å². The largest absolute Gasteiger partial charge is 0.379 e. The third-order valence-corrected chi connectivity index (χ3v) is 4.15. The van der Waals surface area contributed by atoms with Crippen molar-refractivity contribution in [3.05, 3.63) is 35.9 Å². The molecule has 1 aromatic heterocycles. The number of nitrogens with zero attached hydrogens (tertiary/aromatic N) is 3. The van der Waals surface area contributed by atoms with E-state index >= 15 is 0 Å². The lowest BCUT2D eigenvalue weighted by atomic mass is 10.1. The van der Waals surface area contributed by atoms with Gasteiger partial charge in [0.1, 0.15) is 5.82 Å². The molecule has 7 heteroatoms. The van der Waals surface area contributed by atoms with Crippen LogP contribution in [0.4, 0.5) is 11.8 Å². The van der Waals surface area contributed by atoms with Gasteiger partial charge in [0.05, 0.1) is 18.9 Å². The van der Waals surface area contributed by atoms with E-state index in [0.29, 0.717) is 17.1 Å². The van der Waals surface area contributed by atoms with Crippen LogP contribution in [0.3, 0.4) is 0 Å². The van der Waals surface area contributed by atoms with E-state index in [0.717, 1.165) is 45.0 Å². The molecule has 3 rings (SSSR count). The number of nitrogen functional groups attached to an aromatic ring is 1. The minimum absolute atomic E-state index is 0.0211. The van der Waals surface area contributed by atoms with Gasteiger partial charge in [-0.15, -0.1) is 0 Å². The second-order valence-electron chi connectivity index (χ2n) is 6.01. The van der Waals surface area contributed by atoms with Crippen molar-refractivity contribution in [3.63, 3.8) is 0 Å². The SMILES string of the molecule is CC(=O)c1cccc(-c2cc(NCCN3CCOCC3)nc(N)n2)c1. The quantitative estimate of drug-likeness (QED) is 0.772. The molecule has 0 bridgehead atoms. The van der Waals surface area contributed by atoms with E-state index < -0.39 is 0 Å². The molecule has 0 unspecified atom stereocenters. The Bertz CT molecular complexity index is 744. The molecule has 0 aliphatic carbocycles. The number of Topliss-reactive ketones (excluding diaryl/α,β-unsaturated/α-hetero) is 1. The molecule has 25 heavy (non-hydrogen) atoms. The molecule has 0 radical (unpaired) electrons. The lowest BCUT2D eigenvalue weighted by Crippen LogP contribution is -2.39. The van der Waals surface area contributed by atoms with Gasteiger partial charge in [0.25, 0.3) is 0 Å². The van der Waals surface area contributed by atoms with E-state index in [9.17, 15) is 4.79 Å². The van der Waals surface area contributed by atoms with Crippen LogP contribution < -0.4 is 11.1 Å². The molecule has 1 aliphatic heterocycles. The zero-order valence-corrected chi connectivity index (χ0v) is 14.4. The maximum absolute atomic E-state index is 11.6. The highest BCUT2D eigenvalue weighted by Gasteiger charge is 2.10. The average Bonchev–Trinajstić information content (AvgIpc) is 2.62. The molecule has 2 heterocycles. The van der Waals surface area contributed by atoms with Gasteiger partial charge in [0, 0.05) is 43.4 Å². The van der Waals surface area contributed by atoms with Crippen molar-refractivity contribution in [2.24, 2.45) is 0 Å². The first kappa shape index (κ1) is 17.3. The summed E-state index contributed by atoms with van der Waals surface area (Å²) in [5, 5.41) is 3.30. The summed E-state index contributed by atoms with van der Waals surface area (Å²) in [5.74, 6) is 0.913. The molecule has 7 nitrogen and oxygen atoms in total. The van der Waals surface area contributed by atoms with Crippen molar-refractivity contribution >= 4 is 17.5 Å². The highest BCUT2D eigenvalue weighted by atomic mass is 16.5. The molecule has 3 N–H and O–H groups in total. The van der Waals surface area contributed by atoms with Gasteiger partial charge in [-0.2, -0.15) is 4.98 Å². The molecule has 0 saturated carbocycles. The minimum atomic E-state index is 0.0211. The first-order valence-electron chi connectivity index (χ1n) is 8.42. The summed E-state index contributed by atoms with van der Waals surface area (Å²) in [6.07, 6.45) is 0. The fourth-order valence-corrected chi connectivity index (χ4v) is 2.77. The van der Waals surface area contributed by atoms with E-state index in [1.54, 1.807) is 13.0 Å². The summed E-state index contributed by atoms with van der Waals surface area (Å²) in [5.41, 5.74) is 8.05. The zero-order chi connectivity index (χ0) is 17.6. The van der Waals surface area contributed by atoms with Gasteiger partial charge in [-0.3, -0.25) is 9.69 Å². The number of hydrogen-bond donors (Lipinski definition) is 2. The topological polar surface area (TPSA) is 93.4 Å². The normalized spacial score (nSPS) is 15.1. The number of benzene rings is 1. The van der Waals surface area contributed by atoms with Gasteiger partial charge >= 0.3 is 0 Å². The molecule has 1 fully saturated rings. The molecule has 1 saturated heterocycles. The predicted molar refractivity (Wildman–Crippen MR) is 97.6 cm³/mol. The van der Waals surface area contributed by atoms with Crippen molar-refractivity contribution in [3.8, 4) is 11.3 Å². The first-order valence-corrected chi connectivity index (χ1v) is 8.42. The smallest absolute Gasteiger partial charge is 0.222 e. The van der Waals surface area contributed by atoms with Gasteiger partial charge in [-0.25, -0.2) is 4.98 Å². The summed E-state index contributed by atoms with van der Waals surface area (Å²) in [6.45, 7) is 6.72. The Hall–Kier alpha value is -2.51. The number of hydrogen-bond acceptors (Lipinski definition) is 7. The van der Waals surface area contributed by atoms with Crippen molar-refractivity contribution in [1.29, 1.82) is 0 Å². The van der Waals surface area contributed by atoms with Gasteiger partial charge in [0.15, 0.2) is 5.78 Å². The number of ether oxygens (including phenoxy) is 1. The molecular formula is C18H23N5O2. The van der Waals surface area contributed by atoms with E-state index in [1.165, 1.54) is 0 Å². The second kappa shape index (κ2) is 8.04. The van der Waals surface area contributed by atoms with Crippen LogP contribution in [-0.4, -0.2) is 60.0 Å². The zero-order valence-electron chi connectivity index (χ0n) is 14.4. The van der Waals surface area contributed by atoms with Crippen molar-refractivity contribution < 1.29 is 9.53 Å². The highest BCUT2D eigenvalue weighted by Crippen LogP contribution is 2.22. The number of aromatic nitrogens is 2. The van der Waals surface area contributed by atoms with Crippen molar-refractivity contribution in [1.82, 2.24) is 14.9 Å². The third kappa shape index (κ3) is 4.74. The Balaban J connectivity index is 1.69. The fourth-order valence-electron chi connectivity index (χ4n) is 2.77. The third-order valence-electron chi connectivity index (χ3n) is 4.15. The summed E-state index contributed by atoms with van der Waals surface area (Å²) in [7, 11) is 0. The molecule has 0 spiro atoms. The lowest BCUT2D eigenvalue weighted by Gasteiger charge is -2.26. The van der Waals surface area contributed by atoms with E-state index in [2.05, 4.69) is 20.2 Å². The van der Waals surface area contributed by atoms with E-state index in [1.807, 2.05) is 24.3 Å². The molecule has 2 aromatic rings. The Labute approximate surface area is 147 Å². The summed E-state index contributed by atoms with van der Waals surface area (Å²) < 4.78 is 5.35. The Kier molecular flexibility index (Phi) is 5.57. The molecule has 0 amide bonds. The number of nitrogens with one attached hydrogen (secondary N) is 1. The Morgan fingerprint density at radius 3 is 2.84 bits per heavy atom. The van der Waals surface area contributed by atoms with E-state index in [-0.39, 0.29) is 11.7 Å². The van der Waals surface area contributed by atoms with Crippen LogP contribution in [0.25, 0.3) is 11.3 Å². The second-order valence-corrected chi connectivity index (χ2v) is 6.01. The molecule has 0 atom stereocenters. The lowest BCUT2D eigenvalue weighted by molar-refractivity contribution is 0.0398. The summed E-state index contributed by atoms with van der Waals surface area (Å²) in [4.78, 5) is 22.5. The van der Waals surface area contributed by atoms with Crippen molar-refractivity contribution in [2.75, 3.05) is 50.4 Å². The van der Waals surface area contributed by atoms with Crippen LogP contribution in [0.15, 0.2) is 30.3 Å². The number of nitrogens with two attached hydrogens (primary N) is 1. The monoisotopic (exact) mass is 341 g/mol. The van der Waals surface area contributed by atoms with Gasteiger partial charge < -0.3 is 15.8 Å². The minimum Gasteiger partial charge on any atom is -0.379 e. The number of rotatable bonds is 6. The first-order chi connectivity index (χ1) is 12.1. The van der Waals surface area contributed by atoms with Crippen LogP contribution in [0.1, 0.15) is 17.3 Å². The van der Waals surface area contributed by atoms with Gasteiger partial charge in [-0.1, -0.05) is 18.2 Å². The van der Waals surface area contributed by atoms with Crippen LogP contribution >= 0.6 is 0 Å². The molecular weight excluding hydrogens is 318 g/mol. The Morgan fingerprint density at radius 2 is 2.08 bits per heavy atom. The molecule has 132 valence electrons. The number of carbonyl (C=O) groups is 1. The maximum atomic E-state index is 11.6. The van der Waals surface area contributed by atoms with Crippen LogP contribution in [0.5, 0.6) is 0 Å². The Morgan fingerprint density at radius 1 is 1.28 bits per heavy atom. The van der Waals surface area contributed by atoms with Gasteiger partial charge in [0.2, 0.25) is 5.95 Å². The van der Waals surface area contributed by atoms with Gasteiger partial charge in [-0.05, 0) is 13.0 Å². The number of anilines is 2. The standard InChI is InChI=1S/C18H23N5O2/c1-13(24)14-3-2-4-15(11-14)16-12-17(22-18(19)21-16)20-5-6-23-7-9-25-10-8-23/h2-4,11-12H,5-10H2,1H3,(H3,19,20,21,22). The number of ketones is 1. The predicted octanol–water partition coefficient (Wildman–Crippen LogP) is 1.67. The maximum Gasteiger partial charge on any atom is 0.222 e.